The summed E-state index contributed by atoms with van der Waals surface area (Å²) in [6.07, 6.45) is 3.54. The molecule has 0 aliphatic carbocycles. The monoisotopic (exact) mass is 372 g/mol. The van der Waals surface area contributed by atoms with E-state index in [2.05, 4.69) is 19.9 Å². The molecule has 4 heterocycles. The molecule has 0 bridgehead atoms. The van der Waals surface area contributed by atoms with E-state index in [9.17, 15) is 4.39 Å². The Labute approximate surface area is 156 Å². The van der Waals surface area contributed by atoms with Crippen LogP contribution in [0.2, 0.25) is 5.02 Å². The molecule has 2 fully saturated rings. The van der Waals surface area contributed by atoms with Gasteiger partial charge < -0.3 is 9.80 Å². The van der Waals surface area contributed by atoms with Crippen molar-refractivity contribution < 1.29 is 4.39 Å². The summed E-state index contributed by atoms with van der Waals surface area (Å²) in [5.41, 5.74) is 0.914. The van der Waals surface area contributed by atoms with Crippen molar-refractivity contribution in [2.24, 2.45) is 11.8 Å². The molecule has 0 spiro atoms. The highest BCUT2D eigenvalue weighted by molar-refractivity contribution is 6.33. The molecule has 26 heavy (non-hydrogen) atoms. The molecule has 0 saturated carbocycles. The second kappa shape index (κ2) is 6.69. The van der Waals surface area contributed by atoms with E-state index in [1.165, 1.54) is 6.33 Å². The molecule has 6 nitrogen and oxygen atoms in total. The van der Waals surface area contributed by atoms with Crippen LogP contribution in [0.15, 0.2) is 18.6 Å². The minimum atomic E-state index is -0.302. The lowest BCUT2D eigenvalue weighted by Crippen LogP contribution is -2.30. The molecule has 2 atom stereocenters. The van der Waals surface area contributed by atoms with Crippen molar-refractivity contribution in [3.05, 3.63) is 40.7 Å². The summed E-state index contributed by atoms with van der Waals surface area (Å²) >= 11 is 6.29. The van der Waals surface area contributed by atoms with Crippen molar-refractivity contribution in [1.82, 2.24) is 15.0 Å². The van der Waals surface area contributed by atoms with Crippen molar-refractivity contribution in [1.29, 1.82) is 5.26 Å². The van der Waals surface area contributed by atoms with Crippen LogP contribution >= 0.6 is 11.6 Å². The van der Waals surface area contributed by atoms with Crippen LogP contribution in [0, 0.1) is 29.0 Å². The first-order chi connectivity index (χ1) is 12.6. The first-order valence-electron chi connectivity index (χ1n) is 8.65. The zero-order valence-corrected chi connectivity index (χ0v) is 15.1. The number of nitriles is 1. The van der Waals surface area contributed by atoms with E-state index in [0.717, 1.165) is 26.2 Å². The van der Waals surface area contributed by atoms with Gasteiger partial charge in [0.05, 0.1) is 16.3 Å². The topological polar surface area (TPSA) is 68.9 Å². The van der Waals surface area contributed by atoms with Gasteiger partial charge in [0.1, 0.15) is 18.2 Å². The lowest BCUT2D eigenvalue weighted by atomic mass is 10.0. The SMILES string of the molecule is CCc1ncnc(N2CC3CN(c4ncc(C#N)cc4Cl)CC3C2)c1F. The molecule has 2 aliphatic heterocycles. The highest BCUT2D eigenvalue weighted by Crippen LogP contribution is 2.37. The smallest absolute Gasteiger partial charge is 0.187 e. The minimum Gasteiger partial charge on any atom is -0.355 e. The molecular formula is C18H18ClFN6. The van der Waals surface area contributed by atoms with Crippen LogP contribution < -0.4 is 9.80 Å². The van der Waals surface area contributed by atoms with Gasteiger partial charge in [0.2, 0.25) is 0 Å². The van der Waals surface area contributed by atoms with E-state index in [1.54, 1.807) is 12.3 Å². The zero-order valence-electron chi connectivity index (χ0n) is 14.4. The third-order valence-corrected chi connectivity index (χ3v) is 5.49. The van der Waals surface area contributed by atoms with Gasteiger partial charge in [-0.2, -0.15) is 5.26 Å². The molecule has 0 amide bonds. The third-order valence-electron chi connectivity index (χ3n) is 5.21. The van der Waals surface area contributed by atoms with Gasteiger partial charge in [-0.15, -0.1) is 0 Å². The van der Waals surface area contributed by atoms with Crippen molar-refractivity contribution in [3.8, 4) is 6.07 Å². The molecule has 2 aromatic heterocycles. The highest BCUT2D eigenvalue weighted by Gasteiger charge is 2.42. The number of aryl methyl sites for hydroxylation is 1. The third kappa shape index (κ3) is 2.84. The highest BCUT2D eigenvalue weighted by atomic mass is 35.5. The fourth-order valence-electron chi connectivity index (χ4n) is 3.93. The molecule has 8 heteroatoms. The number of aromatic nitrogens is 3. The Hall–Kier alpha value is -2.46. The number of nitrogens with zero attached hydrogens (tertiary/aromatic N) is 6. The molecule has 2 aromatic rings. The number of hydrogen-bond acceptors (Lipinski definition) is 6. The van der Waals surface area contributed by atoms with E-state index in [1.807, 2.05) is 17.9 Å². The van der Waals surface area contributed by atoms with Crippen molar-refractivity contribution >= 4 is 23.2 Å². The Bertz CT molecular complexity index is 868. The number of anilines is 2. The van der Waals surface area contributed by atoms with Gasteiger partial charge >= 0.3 is 0 Å². The van der Waals surface area contributed by atoms with E-state index in [0.29, 0.717) is 46.2 Å². The first-order valence-corrected chi connectivity index (χ1v) is 9.03. The molecule has 2 unspecified atom stereocenters. The number of pyridine rings is 1. The second-order valence-electron chi connectivity index (χ2n) is 6.78. The Morgan fingerprint density at radius 2 is 1.81 bits per heavy atom. The average molecular weight is 373 g/mol. The van der Waals surface area contributed by atoms with E-state index < -0.39 is 0 Å². The predicted octanol–water partition coefficient (Wildman–Crippen LogP) is 2.67. The summed E-state index contributed by atoms with van der Waals surface area (Å²) < 4.78 is 14.5. The van der Waals surface area contributed by atoms with Gasteiger partial charge in [-0.25, -0.2) is 19.3 Å². The zero-order chi connectivity index (χ0) is 18.3. The fraction of sp³-hybridized carbons (Fsp3) is 0.444. The number of halogens is 2. The number of hydrogen-bond donors (Lipinski definition) is 0. The predicted molar refractivity (Wildman–Crippen MR) is 96.7 cm³/mol. The molecule has 2 saturated heterocycles. The van der Waals surface area contributed by atoms with Gasteiger partial charge in [0, 0.05) is 44.2 Å². The van der Waals surface area contributed by atoms with Gasteiger partial charge in [0.25, 0.3) is 0 Å². The molecule has 0 aromatic carbocycles. The maximum atomic E-state index is 14.5. The molecule has 134 valence electrons. The summed E-state index contributed by atoms with van der Waals surface area (Å²) in [5, 5.41) is 9.43. The molecule has 0 N–H and O–H groups in total. The lowest BCUT2D eigenvalue weighted by molar-refractivity contribution is 0.533. The number of rotatable bonds is 3. The minimum absolute atomic E-state index is 0.302. The lowest BCUT2D eigenvalue weighted by Gasteiger charge is -2.24. The van der Waals surface area contributed by atoms with Gasteiger partial charge in [-0.05, 0) is 12.5 Å². The van der Waals surface area contributed by atoms with Crippen LogP contribution in [0.3, 0.4) is 0 Å². The van der Waals surface area contributed by atoms with Crippen LogP contribution in [0.4, 0.5) is 16.0 Å². The summed E-state index contributed by atoms with van der Waals surface area (Å²) in [7, 11) is 0. The summed E-state index contributed by atoms with van der Waals surface area (Å²) in [4.78, 5) is 16.7. The Balaban J connectivity index is 1.49. The van der Waals surface area contributed by atoms with Gasteiger partial charge in [-0.3, -0.25) is 0 Å². The van der Waals surface area contributed by atoms with Crippen LogP contribution in [-0.4, -0.2) is 41.1 Å². The van der Waals surface area contributed by atoms with E-state index in [4.69, 9.17) is 16.9 Å². The van der Waals surface area contributed by atoms with Crippen LogP contribution in [0.5, 0.6) is 0 Å². The average Bonchev–Trinajstić information content (AvgIpc) is 3.20. The summed E-state index contributed by atoms with van der Waals surface area (Å²) in [5.74, 6) is 1.63. The largest absolute Gasteiger partial charge is 0.355 e. The standard InChI is InChI=1S/C18H18ClFN6/c1-2-15-16(20)18(24-10-23-15)26-8-12-6-25(7-13(12)9-26)17-14(19)3-11(4-21)5-22-17/h3,5,10,12-13H,2,6-9H2,1H3. The van der Waals surface area contributed by atoms with Crippen LogP contribution in [-0.2, 0) is 6.42 Å². The number of fused-ring (bicyclic) bond motifs is 1. The summed E-state index contributed by atoms with van der Waals surface area (Å²) in [6, 6.07) is 3.69. The second-order valence-corrected chi connectivity index (χ2v) is 7.19. The maximum Gasteiger partial charge on any atom is 0.187 e. The molecule has 4 rings (SSSR count). The fourth-order valence-corrected chi connectivity index (χ4v) is 4.21. The van der Waals surface area contributed by atoms with Crippen LogP contribution in [0.1, 0.15) is 18.2 Å². The Morgan fingerprint density at radius 3 is 2.38 bits per heavy atom. The Kier molecular flexibility index (Phi) is 4.37. The van der Waals surface area contributed by atoms with E-state index >= 15 is 0 Å². The van der Waals surface area contributed by atoms with Crippen LogP contribution in [0.25, 0.3) is 0 Å². The van der Waals surface area contributed by atoms with Crippen molar-refractivity contribution in [2.45, 2.75) is 13.3 Å². The van der Waals surface area contributed by atoms with Crippen molar-refractivity contribution in [2.75, 3.05) is 36.0 Å². The quantitative estimate of drug-likeness (QED) is 0.825. The molecule has 2 aliphatic rings. The maximum absolute atomic E-state index is 14.5. The van der Waals surface area contributed by atoms with Gasteiger partial charge in [-0.1, -0.05) is 18.5 Å². The summed E-state index contributed by atoms with van der Waals surface area (Å²) in [6.45, 7) is 5.03. The first kappa shape index (κ1) is 17.0. The molecular weight excluding hydrogens is 355 g/mol. The normalized spacial score (nSPS) is 21.8. The van der Waals surface area contributed by atoms with Gasteiger partial charge in [0.15, 0.2) is 11.6 Å². The molecule has 0 radical (unpaired) electrons. The van der Waals surface area contributed by atoms with Crippen molar-refractivity contribution in [3.63, 3.8) is 0 Å². The van der Waals surface area contributed by atoms with E-state index in [-0.39, 0.29) is 5.82 Å². The Morgan fingerprint density at radius 1 is 1.15 bits per heavy atom.